The van der Waals surface area contributed by atoms with Crippen LogP contribution in [0.5, 0.6) is 5.75 Å². The number of halogens is 3. The summed E-state index contributed by atoms with van der Waals surface area (Å²) in [7, 11) is 0. The van der Waals surface area contributed by atoms with E-state index in [0.717, 1.165) is 10.2 Å². The van der Waals surface area contributed by atoms with Gasteiger partial charge in [0.2, 0.25) is 0 Å². The van der Waals surface area contributed by atoms with Crippen molar-refractivity contribution in [3.8, 4) is 5.75 Å². The number of benzene rings is 2. The third-order valence-electron chi connectivity index (χ3n) is 2.41. The van der Waals surface area contributed by atoms with Crippen LogP contribution in [0.3, 0.4) is 0 Å². The summed E-state index contributed by atoms with van der Waals surface area (Å²) in [5.74, 6) is 0.405. The summed E-state index contributed by atoms with van der Waals surface area (Å²) in [4.78, 5) is 0. The number of hydrogen-bond donors (Lipinski definition) is 1. The second-order valence-corrected chi connectivity index (χ2v) is 5.21. The maximum Gasteiger partial charge on any atom is 0.147 e. The fourth-order valence-electron chi connectivity index (χ4n) is 1.54. The second-order valence-electron chi connectivity index (χ2n) is 3.86. The van der Waals surface area contributed by atoms with E-state index in [9.17, 15) is 4.39 Å². The van der Waals surface area contributed by atoms with Gasteiger partial charge >= 0.3 is 0 Å². The summed E-state index contributed by atoms with van der Waals surface area (Å²) in [5.41, 5.74) is 0.419. The van der Waals surface area contributed by atoms with E-state index in [4.69, 9.17) is 16.3 Å². The van der Waals surface area contributed by atoms with E-state index in [-0.39, 0.29) is 5.82 Å². The molecule has 0 heterocycles. The molecule has 0 atom stereocenters. The molecule has 0 amide bonds. The molecule has 5 heteroatoms. The van der Waals surface area contributed by atoms with Crippen LogP contribution in [0.2, 0.25) is 5.02 Å². The van der Waals surface area contributed by atoms with E-state index >= 15 is 0 Å². The van der Waals surface area contributed by atoms with Crippen LogP contribution in [0.4, 0.5) is 10.1 Å². The highest BCUT2D eigenvalue weighted by molar-refractivity contribution is 9.10. The van der Waals surface area contributed by atoms with Crippen molar-refractivity contribution >= 4 is 33.2 Å². The Labute approximate surface area is 124 Å². The highest BCUT2D eigenvalue weighted by atomic mass is 79.9. The average molecular weight is 345 g/mol. The van der Waals surface area contributed by atoms with Crippen molar-refractivity contribution in [1.82, 2.24) is 0 Å². The lowest BCUT2D eigenvalue weighted by molar-refractivity contribution is 0.332. The third kappa shape index (κ3) is 4.40. The minimum Gasteiger partial charge on any atom is -0.492 e. The minimum atomic E-state index is -0.366. The van der Waals surface area contributed by atoms with Crippen LogP contribution in [-0.4, -0.2) is 13.2 Å². The zero-order valence-electron chi connectivity index (χ0n) is 10.00. The molecule has 0 aliphatic heterocycles. The molecule has 2 aromatic rings. The van der Waals surface area contributed by atoms with Crippen molar-refractivity contribution in [3.63, 3.8) is 0 Å². The highest BCUT2D eigenvalue weighted by Crippen LogP contribution is 2.19. The molecule has 19 heavy (non-hydrogen) atoms. The molecular weight excluding hydrogens is 333 g/mol. The Kier molecular flexibility index (Phi) is 5.05. The van der Waals surface area contributed by atoms with Gasteiger partial charge in [-0.1, -0.05) is 33.6 Å². The fraction of sp³-hybridized carbons (Fsp3) is 0.143. The Morgan fingerprint density at radius 2 is 2.05 bits per heavy atom. The normalized spacial score (nSPS) is 10.3. The van der Waals surface area contributed by atoms with Crippen LogP contribution in [0.25, 0.3) is 0 Å². The molecule has 1 N–H and O–H groups in total. The monoisotopic (exact) mass is 343 g/mol. The molecule has 0 unspecified atom stereocenters. The van der Waals surface area contributed by atoms with Crippen LogP contribution in [0, 0.1) is 5.82 Å². The molecule has 0 saturated heterocycles. The zero-order valence-corrected chi connectivity index (χ0v) is 12.3. The van der Waals surface area contributed by atoms with Gasteiger partial charge in [0, 0.05) is 16.0 Å². The van der Waals surface area contributed by atoms with Crippen LogP contribution < -0.4 is 10.1 Å². The largest absolute Gasteiger partial charge is 0.492 e. The van der Waals surface area contributed by atoms with E-state index < -0.39 is 0 Å². The number of nitrogens with one attached hydrogen (secondary N) is 1. The van der Waals surface area contributed by atoms with Crippen molar-refractivity contribution in [2.24, 2.45) is 0 Å². The topological polar surface area (TPSA) is 21.3 Å². The third-order valence-corrected chi connectivity index (χ3v) is 3.14. The van der Waals surface area contributed by atoms with Gasteiger partial charge in [-0.3, -0.25) is 0 Å². The number of rotatable bonds is 5. The fourth-order valence-corrected chi connectivity index (χ4v) is 2.08. The predicted molar refractivity (Wildman–Crippen MR) is 79.5 cm³/mol. The smallest absolute Gasteiger partial charge is 0.147 e. The number of ether oxygens (including phenoxy) is 1. The zero-order chi connectivity index (χ0) is 13.7. The lowest BCUT2D eigenvalue weighted by Gasteiger charge is -2.09. The van der Waals surface area contributed by atoms with Crippen LogP contribution in [0.1, 0.15) is 0 Å². The lowest BCUT2D eigenvalue weighted by atomic mass is 10.3. The Hall–Kier alpha value is -1.26. The van der Waals surface area contributed by atoms with Gasteiger partial charge < -0.3 is 10.1 Å². The van der Waals surface area contributed by atoms with Crippen molar-refractivity contribution < 1.29 is 9.13 Å². The molecule has 2 rings (SSSR count). The summed E-state index contributed by atoms with van der Waals surface area (Å²) in [6.45, 7) is 0.948. The second kappa shape index (κ2) is 6.78. The van der Waals surface area contributed by atoms with Gasteiger partial charge in [0.15, 0.2) is 0 Å². The van der Waals surface area contributed by atoms with Gasteiger partial charge in [0.1, 0.15) is 18.2 Å². The molecule has 0 aliphatic carbocycles. The SMILES string of the molecule is Fc1cc(Cl)ccc1NCCOc1cccc(Br)c1. The van der Waals surface area contributed by atoms with E-state index in [1.54, 1.807) is 12.1 Å². The van der Waals surface area contributed by atoms with Crippen molar-refractivity contribution in [3.05, 3.63) is 57.8 Å². The Balaban J connectivity index is 1.81. The summed E-state index contributed by atoms with van der Waals surface area (Å²) in [6.07, 6.45) is 0. The van der Waals surface area contributed by atoms with E-state index in [0.29, 0.717) is 23.9 Å². The quantitative estimate of drug-likeness (QED) is 0.792. The summed E-state index contributed by atoms with van der Waals surface area (Å²) in [5, 5.41) is 3.34. The molecule has 2 aromatic carbocycles. The van der Waals surface area contributed by atoms with Crippen molar-refractivity contribution in [2.75, 3.05) is 18.5 Å². The molecule has 2 nitrogen and oxygen atoms in total. The van der Waals surface area contributed by atoms with Gasteiger partial charge in [-0.05, 0) is 36.4 Å². The van der Waals surface area contributed by atoms with Gasteiger partial charge in [0.05, 0.1) is 5.69 Å². The van der Waals surface area contributed by atoms with Crippen LogP contribution >= 0.6 is 27.5 Å². The van der Waals surface area contributed by atoms with Crippen molar-refractivity contribution in [2.45, 2.75) is 0 Å². The summed E-state index contributed by atoms with van der Waals surface area (Å²) < 4.78 is 20.0. The summed E-state index contributed by atoms with van der Waals surface area (Å²) >= 11 is 9.04. The number of hydrogen-bond acceptors (Lipinski definition) is 2. The maximum atomic E-state index is 13.5. The lowest BCUT2D eigenvalue weighted by Crippen LogP contribution is -2.12. The van der Waals surface area contributed by atoms with Crippen LogP contribution in [-0.2, 0) is 0 Å². The first kappa shape index (κ1) is 14.2. The summed E-state index contributed by atoms with van der Waals surface area (Å²) in [6, 6.07) is 12.1. The van der Waals surface area contributed by atoms with E-state index in [2.05, 4.69) is 21.2 Å². The van der Waals surface area contributed by atoms with Crippen LogP contribution in [0.15, 0.2) is 46.9 Å². The first-order valence-electron chi connectivity index (χ1n) is 5.72. The predicted octanol–water partition coefficient (Wildman–Crippen LogP) is 4.73. The van der Waals surface area contributed by atoms with Crippen molar-refractivity contribution in [1.29, 1.82) is 0 Å². The minimum absolute atomic E-state index is 0.366. The Bertz CT molecular complexity index is 565. The first-order valence-corrected chi connectivity index (χ1v) is 6.89. The van der Waals surface area contributed by atoms with E-state index in [1.165, 1.54) is 6.07 Å². The standard InChI is InChI=1S/C14H12BrClFNO/c15-10-2-1-3-12(8-10)19-7-6-18-14-5-4-11(16)9-13(14)17/h1-5,8-9,18H,6-7H2. The van der Waals surface area contributed by atoms with E-state index in [1.807, 2.05) is 24.3 Å². The molecule has 0 aliphatic rings. The van der Waals surface area contributed by atoms with Gasteiger partial charge in [0.25, 0.3) is 0 Å². The maximum absolute atomic E-state index is 13.5. The molecule has 100 valence electrons. The average Bonchev–Trinajstić information content (AvgIpc) is 2.37. The van der Waals surface area contributed by atoms with Gasteiger partial charge in [-0.25, -0.2) is 4.39 Å². The van der Waals surface area contributed by atoms with Gasteiger partial charge in [-0.15, -0.1) is 0 Å². The first-order chi connectivity index (χ1) is 9.15. The molecule has 0 radical (unpaired) electrons. The van der Waals surface area contributed by atoms with Gasteiger partial charge in [-0.2, -0.15) is 0 Å². The molecule has 0 saturated carbocycles. The molecule has 0 aromatic heterocycles. The Morgan fingerprint density at radius 1 is 1.21 bits per heavy atom. The number of anilines is 1. The molecule has 0 spiro atoms. The Morgan fingerprint density at radius 3 is 2.79 bits per heavy atom. The highest BCUT2D eigenvalue weighted by Gasteiger charge is 2.02. The molecular formula is C14H12BrClFNO. The molecule has 0 fully saturated rings. The molecule has 0 bridgehead atoms.